The standard InChI is InChI=1S/C17H19N5O2S/c1-2-13-11-18-17(19-12-13)22-9-7-21(8-10-22)16-14-5-3-4-6-15(14)25(23,24)20-16/h3-6,11-12H,2,7-10H2,1H3. The van der Waals surface area contributed by atoms with E-state index in [1.54, 1.807) is 12.1 Å². The van der Waals surface area contributed by atoms with Gasteiger partial charge in [0.15, 0.2) is 5.84 Å². The summed E-state index contributed by atoms with van der Waals surface area (Å²) in [6.07, 6.45) is 4.64. The van der Waals surface area contributed by atoms with E-state index in [1.165, 1.54) is 0 Å². The van der Waals surface area contributed by atoms with Gasteiger partial charge >= 0.3 is 0 Å². The molecule has 0 saturated carbocycles. The van der Waals surface area contributed by atoms with Crippen molar-refractivity contribution in [2.24, 2.45) is 4.40 Å². The summed E-state index contributed by atoms with van der Waals surface area (Å²) in [5, 5.41) is 0. The second-order valence-electron chi connectivity index (χ2n) is 6.11. The predicted molar refractivity (Wildman–Crippen MR) is 95.4 cm³/mol. The number of hydrogen-bond donors (Lipinski definition) is 0. The highest BCUT2D eigenvalue weighted by atomic mass is 32.2. The van der Waals surface area contributed by atoms with Crippen molar-refractivity contribution >= 4 is 21.8 Å². The Morgan fingerprint density at radius 2 is 1.64 bits per heavy atom. The van der Waals surface area contributed by atoms with E-state index in [4.69, 9.17) is 0 Å². The van der Waals surface area contributed by atoms with Crippen LogP contribution in [0.4, 0.5) is 5.95 Å². The summed E-state index contributed by atoms with van der Waals surface area (Å²) in [6, 6.07) is 7.00. The molecule has 0 atom stereocenters. The monoisotopic (exact) mass is 357 g/mol. The fourth-order valence-electron chi connectivity index (χ4n) is 3.13. The smallest absolute Gasteiger partial charge is 0.285 e. The lowest BCUT2D eigenvalue weighted by atomic mass is 10.1. The van der Waals surface area contributed by atoms with Crippen LogP contribution >= 0.6 is 0 Å². The van der Waals surface area contributed by atoms with Crippen LogP contribution in [0.25, 0.3) is 0 Å². The Kier molecular flexibility index (Phi) is 3.91. The van der Waals surface area contributed by atoms with Gasteiger partial charge in [-0.25, -0.2) is 9.97 Å². The summed E-state index contributed by atoms with van der Waals surface area (Å²) >= 11 is 0. The first-order valence-corrected chi connectivity index (χ1v) is 9.77. The summed E-state index contributed by atoms with van der Waals surface area (Å²) in [6.45, 7) is 4.90. The molecule has 7 nitrogen and oxygen atoms in total. The number of sulfonamides is 1. The van der Waals surface area contributed by atoms with E-state index in [-0.39, 0.29) is 0 Å². The number of nitrogens with zero attached hydrogens (tertiary/aromatic N) is 5. The molecule has 0 N–H and O–H groups in total. The molecule has 2 aromatic rings. The summed E-state index contributed by atoms with van der Waals surface area (Å²) in [5.74, 6) is 1.27. The molecule has 1 aromatic heterocycles. The largest absolute Gasteiger partial charge is 0.352 e. The van der Waals surface area contributed by atoms with Gasteiger partial charge in [0.2, 0.25) is 5.95 Å². The van der Waals surface area contributed by atoms with E-state index in [0.717, 1.165) is 31.0 Å². The Morgan fingerprint density at radius 1 is 1.00 bits per heavy atom. The highest BCUT2D eigenvalue weighted by molar-refractivity contribution is 7.90. The van der Waals surface area contributed by atoms with Gasteiger partial charge in [-0.15, -0.1) is 4.40 Å². The molecule has 25 heavy (non-hydrogen) atoms. The Morgan fingerprint density at radius 3 is 2.32 bits per heavy atom. The Bertz CT molecular complexity index is 916. The van der Waals surface area contributed by atoms with E-state index in [1.807, 2.05) is 29.4 Å². The van der Waals surface area contributed by atoms with Gasteiger partial charge in [-0.2, -0.15) is 8.42 Å². The molecular formula is C17H19N5O2S. The summed E-state index contributed by atoms with van der Waals surface area (Å²) in [7, 11) is -3.57. The number of hydrogen-bond acceptors (Lipinski definition) is 6. The number of anilines is 1. The average Bonchev–Trinajstić information content (AvgIpc) is 2.94. The molecule has 0 radical (unpaired) electrons. The summed E-state index contributed by atoms with van der Waals surface area (Å²) in [5.41, 5.74) is 1.81. The van der Waals surface area contributed by atoms with Gasteiger partial charge in [0.05, 0.1) is 0 Å². The molecular weight excluding hydrogens is 338 g/mol. The SMILES string of the molecule is CCc1cnc(N2CCN(C3=NS(=O)(=O)c4ccccc43)CC2)nc1. The van der Waals surface area contributed by atoms with Crippen LogP contribution in [0.3, 0.4) is 0 Å². The number of rotatable bonds is 2. The summed E-state index contributed by atoms with van der Waals surface area (Å²) in [4.78, 5) is 13.3. The lowest BCUT2D eigenvalue weighted by Gasteiger charge is -2.35. The maximum absolute atomic E-state index is 12.2. The minimum absolute atomic E-state index is 0.297. The first kappa shape index (κ1) is 16.0. The van der Waals surface area contributed by atoms with Crippen molar-refractivity contribution in [2.45, 2.75) is 18.2 Å². The Hall–Kier alpha value is -2.48. The minimum Gasteiger partial charge on any atom is -0.352 e. The number of fused-ring (bicyclic) bond motifs is 1. The summed E-state index contributed by atoms with van der Waals surface area (Å²) < 4.78 is 28.4. The molecule has 0 amide bonds. The fourth-order valence-corrected chi connectivity index (χ4v) is 4.36. The van der Waals surface area contributed by atoms with Gasteiger partial charge in [-0.1, -0.05) is 19.1 Å². The first-order valence-electron chi connectivity index (χ1n) is 8.33. The van der Waals surface area contributed by atoms with Crippen molar-refractivity contribution in [2.75, 3.05) is 31.1 Å². The molecule has 1 aromatic carbocycles. The predicted octanol–water partition coefficient (Wildman–Crippen LogP) is 1.31. The van der Waals surface area contributed by atoms with Gasteiger partial charge in [0.1, 0.15) is 4.90 Å². The molecule has 1 fully saturated rings. The van der Waals surface area contributed by atoms with Crippen molar-refractivity contribution in [3.8, 4) is 0 Å². The molecule has 2 aliphatic heterocycles. The third-order valence-electron chi connectivity index (χ3n) is 4.57. The third kappa shape index (κ3) is 2.86. The molecule has 4 rings (SSSR count). The fraction of sp³-hybridized carbons (Fsp3) is 0.353. The molecule has 3 heterocycles. The van der Waals surface area contributed by atoms with Crippen molar-refractivity contribution in [1.82, 2.24) is 14.9 Å². The van der Waals surface area contributed by atoms with E-state index < -0.39 is 10.0 Å². The van der Waals surface area contributed by atoms with Crippen LogP contribution in [0, 0.1) is 0 Å². The van der Waals surface area contributed by atoms with Crippen LogP contribution in [-0.4, -0.2) is 55.3 Å². The zero-order chi connectivity index (χ0) is 17.4. The van der Waals surface area contributed by atoms with Crippen molar-refractivity contribution in [3.63, 3.8) is 0 Å². The molecule has 0 spiro atoms. The molecule has 8 heteroatoms. The van der Waals surface area contributed by atoms with Gasteiger partial charge in [-0.05, 0) is 24.1 Å². The topological polar surface area (TPSA) is 78.8 Å². The van der Waals surface area contributed by atoms with Gasteiger partial charge in [-0.3, -0.25) is 0 Å². The number of benzene rings is 1. The second-order valence-corrected chi connectivity index (χ2v) is 7.68. The molecule has 130 valence electrons. The van der Waals surface area contributed by atoms with Crippen molar-refractivity contribution in [3.05, 3.63) is 47.8 Å². The van der Waals surface area contributed by atoms with E-state index in [0.29, 0.717) is 29.4 Å². The minimum atomic E-state index is -3.57. The highest BCUT2D eigenvalue weighted by Gasteiger charge is 2.33. The van der Waals surface area contributed by atoms with Crippen LogP contribution in [-0.2, 0) is 16.4 Å². The number of amidine groups is 1. The number of aromatic nitrogens is 2. The van der Waals surface area contributed by atoms with E-state index >= 15 is 0 Å². The van der Waals surface area contributed by atoms with Gasteiger partial charge in [0.25, 0.3) is 10.0 Å². The van der Waals surface area contributed by atoms with Crippen LogP contribution in [0.5, 0.6) is 0 Å². The number of aryl methyl sites for hydroxylation is 1. The maximum Gasteiger partial charge on any atom is 0.285 e. The van der Waals surface area contributed by atoms with E-state index in [2.05, 4.69) is 26.2 Å². The lowest BCUT2D eigenvalue weighted by Crippen LogP contribution is -2.49. The quantitative estimate of drug-likeness (QED) is 0.806. The van der Waals surface area contributed by atoms with Crippen LogP contribution in [0.1, 0.15) is 18.1 Å². The first-order chi connectivity index (χ1) is 12.1. The molecule has 0 unspecified atom stereocenters. The molecule has 2 aliphatic rings. The molecule has 0 aliphatic carbocycles. The zero-order valence-corrected chi connectivity index (χ0v) is 14.8. The second kappa shape index (κ2) is 6.11. The van der Waals surface area contributed by atoms with Crippen molar-refractivity contribution < 1.29 is 8.42 Å². The average molecular weight is 357 g/mol. The maximum atomic E-state index is 12.2. The Balaban J connectivity index is 1.51. The lowest BCUT2D eigenvalue weighted by molar-refractivity contribution is 0.384. The van der Waals surface area contributed by atoms with Gasteiger partial charge in [0, 0.05) is 44.1 Å². The van der Waals surface area contributed by atoms with Gasteiger partial charge < -0.3 is 9.80 Å². The number of piperazine rings is 1. The van der Waals surface area contributed by atoms with Crippen LogP contribution in [0.15, 0.2) is 46.0 Å². The van der Waals surface area contributed by atoms with E-state index in [9.17, 15) is 8.42 Å². The van der Waals surface area contributed by atoms with Crippen molar-refractivity contribution in [1.29, 1.82) is 0 Å². The highest BCUT2D eigenvalue weighted by Crippen LogP contribution is 2.28. The Labute approximate surface area is 147 Å². The molecule has 1 saturated heterocycles. The van der Waals surface area contributed by atoms with Crippen LogP contribution < -0.4 is 4.90 Å². The van der Waals surface area contributed by atoms with Crippen LogP contribution in [0.2, 0.25) is 0 Å². The third-order valence-corrected chi connectivity index (χ3v) is 5.90. The molecule has 0 bridgehead atoms. The normalized spacial score (nSPS) is 18.8. The zero-order valence-electron chi connectivity index (χ0n) is 14.0.